The third-order valence-electron chi connectivity index (χ3n) is 11.8. The lowest BCUT2D eigenvalue weighted by molar-refractivity contribution is 0.696. The first-order valence-corrected chi connectivity index (χ1v) is 20.9. The molecule has 2 unspecified atom stereocenters. The number of rotatable bonds is 6. The Hall–Kier alpha value is -6.46. The Morgan fingerprint density at radius 3 is 1.68 bits per heavy atom. The lowest BCUT2D eigenvalue weighted by Crippen LogP contribution is -2.36. The maximum Gasteiger partial charge on any atom is 0.0640 e. The molecule has 264 valence electrons. The van der Waals surface area contributed by atoms with Crippen molar-refractivity contribution >= 4 is 114 Å². The first-order chi connectivity index (χ1) is 27.8. The quantitative estimate of drug-likeness (QED) is 0.167. The summed E-state index contributed by atoms with van der Waals surface area (Å²) in [6.07, 6.45) is 9.65. The van der Waals surface area contributed by atoms with E-state index in [1.165, 1.54) is 90.6 Å². The molecular weight excluding hydrogens is 717 g/mol. The zero-order valence-corrected chi connectivity index (χ0v) is 32.0. The summed E-state index contributed by atoms with van der Waals surface area (Å²) in [6, 6.07) is 62.6. The zero-order chi connectivity index (χ0) is 36.7. The van der Waals surface area contributed by atoms with Crippen molar-refractivity contribution in [2.75, 3.05) is 9.80 Å². The third kappa shape index (κ3) is 4.73. The lowest BCUT2D eigenvalue weighted by atomic mass is 9.75. The fraction of sp³-hybridized carbons (Fsp3) is 0.0385. The van der Waals surface area contributed by atoms with Gasteiger partial charge in [-0.2, -0.15) is 0 Å². The number of anilines is 5. The maximum absolute atomic E-state index is 2.60. The Labute approximate surface area is 333 Å². The second-order valence-corrected chi connectivity index (χ2v) is 16.9. The monoisotopic (exact) mass is 750 g/mol. The van der Waals surface area contributed by atoms with Crippen LogP contribution in [0.3, 0.4) is 0 Å². The Balaban J connectivity index is 1.07. The summed E-state index contributed by atoms with van der Waals surface area (Å²) >= 11 is 3.78. The Morgan fingerprint density at radius 2 is 0.964 bits per heavy atom. The number of hydrogen-bond donors (Lipinski definition) is 0. The van der Waals surface area contributed by atoms with Crippen LogP contribution >= 0.6 is 22.7 Å². The third-order valence-corrected chi connectivity index (χ3v) is 14.2. The van der Waals surface area contributed by atoms with Gasteiger partial charge in [0.25, 0.3) is 0 Å². The van der Waals surface area contributed by atoms with E-state index < -0.39 is 0 Å². The van der Waals surface area contributed by atoms with Crippen LogP contribution in [0.15, 0.2) is 182 Å². The molecule has 10 aromatic rings. The van der Waals surface area contributed by atoms with E-state index in [9.17, 15) is 0 Å². The number of hydrogen-bond acceptors (Lipinski definition) is 4. The van der Waals surface area contributed by atoms with Crippen LogP contribution in [-0.4, -0.2) is 6.04 Å². The van der Waals surface area contributed by atoms with Crippen LogP contribution in [0.5, 0.6) is 0 Å². The maximum atomic E-state index is 2.60. The molecule has 2 aliphatic carbocycles. The molecule has 2 aromatic heterocycles. The van der Waals surface area contributed by atoms with Crippen LogP contribution in [0.1, 0.15) is 22.6 Å². The SMILES string of the molecule is C1=CC(N(c2ccccc2)c2cccc3c2sc2ccccc23)C2C=Cc3ccc(N(c4ccccc4)c4cccc5c4sc4ccccc45)c4ccc1c2c34. The Kier molecular flexibility index (Phi) is 7.13. The van der Waals surface area contributed by atoms with Crippen LogP contribution in [0.4, 0.5) is 28.4 Å². The van der Waals surface area contributed by atoms with Gasteiger partial charge in [-0.05, 0) is 76.7 Å². The highest BCUT2D eigenvalue weighted by Crippen LogP contribution is 2.52. The van der Waals surface area contributed by atoms with E-state index in [-0.39, 0.29) is 12.0 Å². The summed E-state index contributed by atoms with van der Waals surface area (Å²) in [5, 5.41) is 7.86. The van der Waals surface area contributed by atoms with Gasteiger partial charge in [0.15, 0.2) is 0 Å². The minimum atomic E-state index is 0.0666. The van der Waals surface area contributed by atoms with Gasteiger partial charge in [-0.1, -0.05) is 140 Å². The number of thiophene rings is 2. The molecule has 2 heterocycles. The van der Waals surface area contributed by atoms with E-state index >= 15 is 0 Å². The van der Waals surface area contributed by atoms with Crippen molar-refractivity contribution in [2.45, 2.75) is 12.0 Å². The van der Waals surface area contributed by atoms with E-state index in [2.05, 4.69) is 204 Å². The van der Waals surface area contributed by atoms with Gasteiger partial charge in [0, 0.05) is 53.6 Å². The van der Waals surface area contributed by atoms with Crippen LogP contribution < -0.4 is 9.80 Å². The molecule has 2 aliphatic rings. The summed E-state index contributed by atoms with van der Waals surface area (Å²) in [4.78, 5) is 5.09. The molecule has 8 aromatic carbocycles. The number of benzene rings is 8. The van der Waals surface area contributed by atoms with E-state index in [0.717, 1.165) is 5.69 Å². The largest absolute Gasteiger partial charge is 0.332 e. The van der Waals surface area contributed by atoms with E-state index in [1.54, 1.807) is 0 Å². The molecule has 0 spiro atoms. The van der Waals surface area contributed by atoms with Gasteiger partial charge < -0.3 is 9.80 Å². The highest BCUT2D eigenvalue weighted by Gasteiger charge is 2.35. The highest BCUT2D eigenvalue weighted by molar-refractivity contribution is 7.26. The second-order valence-electron chi connectivity index (χ2n) is 14.8. The predicted octanol–water partition coefficient (Wildman–Crippen LogP) is 15.4. The molecule has 0 aliphatic heterocycles. The first-order valence-electron chi connectivity index (χ1n) is 19.3. The molecule has 0 fully saturated rings. The van der Waals surface area contributed by atoms with Gasteiger partial charge in [-0.15, -0.1) is 22.7 Å². The minimum Gasteiger partial charge on any atom is -0.332 e. The standard InChI is InChI=1S/C52H34N2S2/c1-3-13-35(14-4-1)53(45-21-11-19-39-37-17-7-9-23-47(37)55-51(39)45)43-31-27-33-26-30-42-44(32-28-34-25-29-41(43)49(33)50(34)42)54(36-15-5-2-6-16-36)46-22-12-20-40-38-18-8-10-24-48(38)56-52(40)46/h1-32,41,43H. The number of fused-ring (bicyclic) bond motifs is 6. The summed E-state index contributed by atoms with van der Waals surface area (Å²) in [7, 11) is 0. The molecule has 2 atom stereocenters. The average molecular weight is 751 g/mol. The molecule has 0 saturated heterocycles. The molecule has 0 radical (unpaired) electrons. The molecule has 4 heteroatoms. The number of nitrogens with zero attached hydrogens (tertiary/aromatic N) is 2. The minimum absolute atomic E-state index is 0.0666. The Morgan fingerprint density at radius 1 is 0.393 bits per heavy atom. The average Bonchev–Trinajstić information content (AvgIpc) is 3.84. The van der Waals surface area contributed by atoms with Crippen molar-refractivity contribution in [3.63, 3.8) is 0 Å². The van der Waals surface area contributed by atoms with Gasteiger partial charge in [-0.25, -0.2) is 0 Å². The normalized spacial score (nSPS) is 15.7. The van der Waals surface area contributed by atoms with Gasteiger partial charge in [0.2, 0.25) is 0 Å². The molecule has 0 saturated carbocycles. The molecule has 12 rings (SSSR count). The van der Waals surface area contributed by atoms with Gasteiger partial charge >= 0.3 is 0 Å². The van der Waals surface area contributed by atoms with Crippen molar-refractivity contribution in [1.29, 1.82) is 0 Å². The lowest BCUT2D eigenvalue weighted by Gasteiger charge is -2.41. The molecule has 0 bridgehead atoms. The fourth-order valence-electron chi connectivity index (χ4n) is 9.37. The van der Waals surface area contributed by atoms with Crippen molar-refractivity contribution in [3.05, 3.63) is 199 Å². The van der Waals surface area contributed by atoms with Crippen molar-refractivity contribution in [3.8, 4) is 0 Å². The van der Waals surface area contributed by atoms with Crippen molar-refractivity contribution < 1.29 is 0 Å². The summed E-state index contributed by atoms with van der Waals surface area (Å²) < 4.78 is 5.26. The first kappa shape index (κ1) is 31.8. The Bertz CT molecular complexity index is 3230. The van der Waals surface area contributed by atoms with Crippen LogP contribution in [0, 0.1) is 0 Å². The molecule has 2 nitrogen and oxygen atoms in total. The van der Waals surface area contributed by atoms with E-state index in [0.29, 0.717) is 0 Å². The molecule has 56 heavy (non-hydrogen) atoms. The molecule has 0 amide bonds. The van der Waals surface area contributed by atoms with Gasteiger partial charge in [0.05, 0.1) is 32.5 Å². The second kappa shape index (κ2) is 12.5. The van der Waals surface area contributed by atoms with Crippen LogP contribution in [0.25, 0.3) is 63.3 Å². The number of para-hydroxylation sites is 2. The topological polar surface area (TPSA) is 6.48 Å². The van der Waals surface area contributed by atoms with Crippen molar-refractivity contribution in [2.24, 2.45) is 0 Å². The van der Waals surface area contributed by atoms with Crippen LogP contribution in [-0.2, 0) is 0 Å². The van der Waals surface area contributed by atoms with Crippen molar-refractivity contribution in [1.82, 2.24) is 0 Å². The summed E-state index contributed by atoms with van der Waals surface area (Å²) in [6.45, 7) is 0. The van der Waals surface area contributed by atoms with Gasteiger partial charge in [0.1, 0.15) is 0 Å². The van der Waals surface area contributed by atoms with E-state index in [1.807, 2.05) is 22.7 Å². The molecular formula is C52H34N2S2. The smallest absolute Gasteiger partial charge is 0.0640 e. The summed E-state index contributed by atoms with van der Waals surface area (Å²) in [5.74, 6) is 0.141. The summed E-state index contributed by atoms with van der Waals surface area (Å²) in [5.41, 5.74) is 9.98. The predicted molar refractivity (Wildman–Crippen MR) is 244 cm³/mol. The molecule has 0 N–H and O–H groups in total. The fourth-order valence-corrected chi connectivity index (χ4v) is 11.8. The van der Waals surface area contributed by atoms with Crippen LogP contribution in [0.2, 0.25) is 0 Å². The van der Waals surface area contributed by atoms with E-state index in [4.69, 9.17) is 0 Å². The zero-order valence-electron chi connectivity index (χ0n) is 30.3. The van der Waals surface area contributed by atoms with Gasteiger partial charge in [-0.3, -0.25) is 0 Å². The highest BCUT2D eigenvalue weighted by atomic mass is 32.1.